The number of thioether (sulfide) groups is 1. The molecule has 0 bridgehead atoms. The summed E-state index contributed by atoms with van der Waals surface area (Å²) in [5, 5.41) is 2.65. The number of methoxy groups -OCH3 is 2. The molecule has 0 aliphatic carbocycles. The Morgan fingerprint density at radius 2 is 2.00 bits per heavy atom. The van der Waals surface area contributed by atoms with Crippen LogP contribution in [0.25, 0.3) is 0 Å². The van der Waals surface area contributed by atoms with Crippen LogP contribution in [0.3, 0.4) is 0 Å². The molecule has 0 radical (unpaired) electrons. The number of hydrogen-bond donors (Lipinski definition) is 1. The van der Waals surface area contributed by atoms with Crippen molar-refractivity contribution < 1.29 is 19.1 Å². The van der Waals surface area contributed by atoms with Crippen molar-refractivity contribution in [1.29, 1.82) is 0 Å². The van der Waals surface area contributed by atoms with E-state index in [1.165, 1.54) is 26.0 Å². The standard InChI is InChI=1S/C13H17NO4S/c1-17-11-7-5-4-6-9(11)12(15)14-10(8-19-3)13(16)18-2/h4-7,10H,8H2,1-3H3,(H,14,15)/t10-/m0/s1. The van der Waals surface area contributed by atoms with Gasteiger partial charge < -0.3 is 14.8 Å². The third kappa shape index (κ3) is 4.17. The molecule has 6 heteroatoms. The van der Waals surface area contributed by atoms with E-state index in [-0.39, 0.29) is 5.91 Å². The molecule has 0 saturated carbocycles. The lowest BCUT2D eigenvalue weighted by molar-refractivity contribution is -0.142. The highest BCUT2D eigenvalue weighted by Crippen LogP contribution is 2.17. The maximum atomic E-state index is 12.1. The summed E-state index contributed by atoms with van der Waals surface area (Å²) < 4.78 is 9.77. The number of benzene rings is 1. The average Bonchev–Trinajstić information content (AvgIpc) is 2.45. The first kappa shape index (κ1) is 15.4. The van der Waals surface area contributed by atoms with Crippen LogP contribution >= 0.6 is 11.8 Å². The number of nitrogens with one attached hydrogen (secondary N) is 1. The third-order valence-corrected chi connectivity index (χ3v) is 3.14. The normalized spacial score (nSPS) is 11.5. The molecule has 1 atom stereocenters. The SMILES string of the molecule is COC(=O)[C@H](CSC)NC(=O)c1ccccc1OC. The minimum atomic E-state index is -0.669. The molecule has 1 N–H and O–H groups in total. The number of carbonyl (C=O) groups excluding carboxylic acids is 2. The first-order chi connectivity index (χ1) is 9.13. The molecule has 5 nitrogen and oxygen atoms in total. The monoisotopic (exact) mass is 283 g/mol. The lowest BCUT2D eigenvalue weighted by Gasteiger charge is -2.16. The summed E-state index contributed by atoms with van der Waals surface area (Å²) >= 11 is 1.45. The zero-order valence-electron chi connectivity index (χ0n) is 11.1. The van der Waals surface area contributed by atoms with E-state index in [0.717, 1.165) is 0 Å². The zero-order chi connectivity index (χ0) is 14.3. The van der Waals surface area contributed by atoms with E-state index in [9.17, 15) is 9.59 Å². The van der Waals surface area contributed by atoms with Gasteiger partial charge in [0.25, 0.3) is 5.91 Å². The van der Waals surface area contributed by atoms with Crippen molar-refractivity contribution in [2.45, 2.75) is 6.04 Å². The van der Waals surface area contributed by atoms with Gasteiger partial charge in [0, 0.05) is 5.75 Å². The third-order valence-electron chi connectivity index (χ3n) is 2.48. The van der Waals surface area contributed by atoms with Gasteiger partial charge in [0.05, 0.1) is 19.8 Å². The Kier molecular flexibility index (Phi) is 6.21. The van der Waals surface area contributed by atoms with Gasteiger partial charge in [-0.3, -0.25) is 4.79 Å². The number of rotatable bonds is 6. The van der Waals surface area contributed by atoms with Crippen LogP contribution in [-0.4, -0.2) is 44.1 Å². The molecule has 19 heavy (non-hydrogen) atoms. The second kappa shape index (κ2) is 7.68. The van der Waals surface area contributed by atoms with Gasteiger partial charge in [0.15, 0.2) is 0 Å². The fraction of sp³-hybridized carbons (Fsp3) is 0.385. The van der Waals surface area contributed by atoms with E-state index < -0.39 is 12.0 Å². The Labute approximate surface area is 116 Å². The predicted octanol–water partition coefficient (Wildman–Crippen LogP) is 1.33. The van der Waals surface area contributed by atoms with Crippen LogP contribution in [0.5, 0.6) is 5.75 Å². The lowest BCUT2D eigenvalue weighted by atomic mass is 10.1. The fourth-order valence-corrected chi connectivity index (χ4v) is 2.10. The smallest absolute Gasteiger partial charge is 0.329 e. The number of ether oxygens (including phenoxy) is 2. The molecule has 0 aliphatic heterocycles. The quantitative estimate of drug-likeness (QED) is 0.798. The van der Waals surface area contributed by atoms with Crippen LogP contribution < -0.4 is 10.1 Å². The summed E-state index contributed by atoms with van der Waals surface area (Å²) in [4.78, 5) is 23.7. The van der Waals surface area contributed by atoms with Crippen molar-refractivity contribution in [2.24, 2.45) is 0 Å². The molecule has 104 valence electrons. The van der Waals surface area contributed by atoms with Crippen LogP contribution in [0.1, 0.15) is 10.4 Å². The predicted molar refractivity (Wildman–Crippen MR) is 74.6 cm³/mol. The molecule has 0 saturated heterocycles. The summed E-state index contributed by atoms with van der Waals surface area (Å²) in [6.07, 6.45) is 1.85. The molecule has 1 aromatic carbocycles. The van der Waals surface area contributed by atoms with Crippen LogP contribution in [0.15, 0.2) is 24.3 Å². The van der Waals surface area contributed by atoms with Crippen molar-refractivity contribution >= 4 is 23.6 Å². The van der Waals surface area contributed by atoms with Gasteiger partial charge in [0.2, 0.25) is 0 Å². The van der Waals surface area contributed by atoms with E-state index in [4.69, 9.17) is 4.74 Å². The summed E-state index contributed by atoms with van der Waals surface area (Å²) in [6.45, 7) is 0. The van der Waals surface area contributed by atoms with E-state index in [1.807, 2.05) is 6.26 Å². The maximum absolute atomic E-state index is 12.1. The van der Waals surface area contributed by atoms with Crippen molar-refractivity contribution in [3.8, 4) is 5.75 Å². The van der Waals surface area contributed by atoms with Crippen LogP contribution in [0, 0.1) is 0 Å². The van der Waals surface area contributed by atoms with E-state index in [2.05, 4.69) is 10.1 Å². The molecule has 1 amide bonds. The molecule has 1 aromatic rings. The van der Waals surface area contributed by atoms with E-state index in [0.29, 0.717) is 17.1 Å². The molecular formula is C13H17NO4S. The van der Waals surface area contributed by atoms with Crippen LogP contribution in [0.2, 0.25) is 0 Å². The van der Waals surface area contributed by atoms with Gasteiger partial charge in [-0.2, -0.15) is 11.8 Å². The topological polar surface area (TPSA) is 64.6 Å². The number of esters is 1. The zero-order valence-corrected chi connectivity index (χ0v) is 12.0. The van der Waals surface area contributed by atoms with E-state index >= 15 is 0 Å². The first-order valence-electron chi connectivity index (χ1n) is 5.64. The summed E-state index contributed by atoms with van der Waals surface area (Å²) in [5.41, 5.74) is 0.389. The minimum Gasteiger partial charge on any atom is -0.496 e. The van der Waals surface area contributed by atoms with Gasteiger partial charge in [-0.05, 0) is 18.4 Å². The molecule has 0 unspecified atom stereocenters. The molecule has 0 spiro atoms. The van der Waals surface area contributed by atoms with Crippen molar-refractivity contribution in [2.75, 3.05) is 26.2 Å². The van der Waals surface area contributed by atoms with Crippen LogP contribution in [0.4, 0.5) is 0 Å². The molecule has 1 rings (SSSR count). The minimum absolute atomic E-state index is 0.359. The summed E-state index contributed by atoms with van der Waals surface area (Å²) in [7, 11) is 2.79. The Hall–Kier alpha value is -1.69. The Bertz CT molecular complexity index is 450. The van der Waals surface area contributed by atoms with Gasteiger partial charge in [0.1, 0.15) is 11.8 Å². The van der Waals surface area contributed by atoms with E-state index in [1.54, 1.807) is 24.3 Å². The molecule has 0 heterocycles. The lowest BCUT2D eigenvalue weighted by Crippen LogP contribution is -2.43. The second-order valence-electron chi connectivity index (χ2n) is 3.70. The molecule has 0 aromatic heterocycles. The Morgan fingerprint density at radius 1 is 1.32 bits per heavy atom. The van der Waals surface area contributed by atoms with Crippen molar-refractivity contribution in [1.82, 2.24) is 5.32 Å². The average molecular weight is 283 g/mol. The molecular weight excluding hydrogens is 266 g/mol. The maximum Gasteiger partial charge on any atom is 0.329 e. The van der Waals surface area contributed by atoms with Crippen molar-refractivity contribution in [3.05, 3.63) is 29.8 Å². The number of para-hydroxylation sites is 1. The fourth-order valence-electron chi connectivity index (χ4n) is 1.55. The van der Waals surface area contributed by atoms with Crippen molar-refractivity contribution in [3.63, 3.8) is 0 Å². The summed E-state index contributed by atoms with van der Waals surface area (Å²) in [5.74, 6) is 0.0976. The highest BCUT2D eigenvalue weighted by molar-refractivity contribution is 7.98. The highest BCUT2D eigenvalue weighted by atomic mass is 32.2. The highest BCUT2D eigenvalue weighted by Gasteiger charge is 2.22. The Morgan fingerprint density at radius 3 is 2.58 bits per heavy atom. The largest absolute Gasteiger partial charge is 0.496 e. The Balaban J connectivity index is 2.84. The molecule has 0 fully saturated rings. The number of amides is 1. The van der Waals surface area contributed by atoms with Gasteiger partial charge >= 0.3 is 5.97 Å². The molecule has 0 aliphatic rings. The number of hydrogen-bond acceptors (Lipinski definition) is 5. The first-order valence-corrected chi connectivity index (χ1v) is 7.04. The van der Waals surface area contributed by atoms with Gasteiger partial charge in [-0.15, -0.1) is 0 Å². The number of carbonyl (C=O) groups is 2. The van der Waals surface area contributed by atoms with Gasteiger partial charge in [-0.25, -0.2) is 4.79 Å². The van der Waals surface area contributed by atoms with Gasteiger partial charge in [-0.1, -0.05) is 12.1 Å². The second-order valence-corrected chi connectivity index (χ2v) is 4.62. The summed E-state index contributed by atoms with van der Waals surface area (Å²) in [6, 6.07) is 6.17. The van der Waals surface area contributed by atoms with Crippen LogP contribution in [-0.2, 0) is 9.53 Å².